The van der Waals surface area contributed by atoms with Crippen LogP contribution in [0, 0.1) is 28.5 Å². The van der Waals surface area contributed by atoms with Crippen molar-refractivity contribution in [2.75, 3.05) is 23.5 Å². The van der Waals surface area contributed by atoms with Crippen molar-refractivity contribution in [3.63, 3.8) is 0 Å². The molecular weight excluding hydrogens is 353 g/mol. The Morgan fingerprint density at radius 3 is 2.44 bits per heavy atom. The Balaban J connectivity index is 2.60. The molecule has 0 fully saturated rings. The number of hydrazone groups is 1. The number of carbonyl (C=O) groups is 1. The number of benzene rings is 1. The van der Waals surface area contributed by atoms with E-state index in [9.17, 15) is 14.4 Å². The molecule has 136 valence electrons. The summed E-state index contributed by atoms with van der Waals surface area (Å²) in [6.07, 6.45) is 0. The van der Waals surface area contributed by atoms with Gasteiger partial charge in [0.25, 0.3) is 0 Å². The predicted octanol–water partition coefficient (Wildman–Crippen LogP) is 1.51. The first-order valence-corrected chi connectivity index (χ1v) is 7.58. The van der Waals surface area contributed by atoms with Crippen LogP contribution in [0.4, 0.5) is 21.6 Å². The maximum atomic E-state index is 13.0. The number of nitrogen functional groups attached to an aromatic ring is 2. The van der Waals surface area contributed by atoms with Crippen LogP contribution in [-0.4, -0.2) is 23.3 Å². The van der Waals surface area contributed by atoms with E-state index in [1.54, 1.807) is 19.1 Å². The highest BCUT2D eigenvalue weighted by molar-refractivity contribution is 6.43. The third kappa shape index (κ3) is 4.08. The third-order valence-electron chi connectivity index (χ3n) is 3.32. The van der Waals surface area contributed by atoms with Crippen LogP contribution in [0.15, 0.2) is 29.4 Å². The number of nitrogens with zero attached hydrogens (tertiary/aromatic N) is 4. The Labute approximate surface area is 153 Å². The minimum Gasteiger partial charge on any atom is -0.461 e. The second-order valence-corrected chi connectivity index (χ2v) is 5.03. The lowest BCUT2D eigenvalue weighted by molar-refractivity contribution is -0.134. The van der Waals surface area contributed by atoms with E-state index in [0.29, 0.717) is 5.69 Å². The third-order valence-corrected chi connectivity index (χ3v) is 3.32. The molecule has 0 aliphatic rings. The number of ether oxygens (including phenoxy) is 1. The molecule has 2 aromatic rings. The van der Waals surface area contributed by atoms with Crippen LogP contribution in [-0.2, 0) is 9.53 Å². The van der Waals surface area contributed by atoms with Gasteiger partial charge in [-0.1, -0.05) is 0 Å². The molecule has 10 heteroatoms. The van der Waals surface area contributed by atoms with Gasteiger partial charge in [0, 0.05) is 0 Å². The molecule has 0 radical (unpaired) electrons. The van der Waals surface area contributed by atoms with Crippen molar-refractivity contribution in [2.24, 2.45) is 5.10 Å². The summed E-state index contributed by atoms with van der Waals surface area (Å²) in [5.74, 6) is -1.60. The number of nitrogens with one attached hydrogen (secondary N) is 1. The van der Waals surface area contributed by atoms with E-state index < -0.39 is 11.8 Å². The highest BCUT2D eigenvalue weighted by Crippen LogP contribution is 2.24. The van der Waals surface area contributed by atoms with E-state index in [-0.39, 0.29) is 40.6 Å². The number of rotatable bonds is 5. The van der Waals surface area contributed by atoms with Crippen molar-refractivity contribution in [2.45, 2.75) is 6.92 Å². The van der Waals surface area contributed by atoms with Crippen molar-refractivity contribution in [1.82, 2.24) is 4.98 Å². The van der Waals surface area contributed by atoms with Crippen molar-refractivity contribution in [3.8, 4) is 12.1 Å². The molecule has 0 bridgehead atoms. The van der Waals surface area contributed by atoms with Gasteiger partial charge in [0.15, 0.2) is 5.71 Å². The maximum absolute atomic E-state index is 13.0. The Hall–Kier alpha value is -4.18. The zero-order valence-corrected chi connectivity index (χ0v) is 14.2. The van der Waals surface area contributed by atoms with Crippen molar-refractivity contribution in [3.05, 3.63) is 46.9 Å². The minimum absolute atomic E-state index is 0.0392. The van der Waals surface area contributed by atoms with Gasteiger partial charge >= 0.3 is 5.97 Å². The summed E-state index contributed by atoms with van der Waals surface area (Å²) >= 11 is 0. The first kappa shape index (κ1) is 19.1. The standard InChI is InChI=1S/C17H14FN7O2/c1-2-27-17(26)15(25-24-10-5-3-9(18)4-6-10)14-11(7-19)13(21)12(8-20)16(22)23-14/h3-6,24H,2H2,1H3,(H4,21,22,23). The lowest BCUT2D eigenvalue weighted by Crippen LogP contribution is -2.24. The van der Waals surface area contributed by atoms with Gasteiger partial charge in [-0.05, 0) is 31.2 Å². The van der Waals surface area contributed by atoms with Crippen LogP contribution < -0.4 is 16.9 Å². The molecule has 27 heavy (non-hydrogen) atoms. The van der Waals surface area contributed by atoms with Crippen LogP contribution in [0.1, 0.15) is 23.7 Å². The molecule has 0 unspecified atom stereocenters. The Morgan fingerprint density at radius 2 is 1.89 bits per heavy atom. The molecule has 0 spiro atoms. The van der Waals surface area contributed by atoms with Gasteiger partial charge < -0.3 is 16.2 Å². The van der Waals surface area contributed by atoms with Crippen LogP contribution in [0.2, 0.25) is 0 Å². The summed E-state index contributed by atoms with van der Waals surface area (Å²) in [6.45, 7) is 1.63. The Kier molecular flexibility index (Phi) is 5.86. The zero-order chi connectivity index (χ0) is 20.0. The normalized spacial score (nSPS) is 10.6. The molecule has 1 heterocycles. The lowest BCUT2D eigenvalue weighted by atomic mass is 10.0. The van der Waals surface area contributed by atoms with E-state index in [1.807, 2.05) is 0 Å². The monoisotopic (exact) mass is 367 g/mol. The van der Waals surface area contributed by atoms with Gasteiger partial charge in [0.05, 0.1) is 18.0 Å². The summed E-state index contributed by atoms with van der Waals surface area (Å²) in [7, 11) is 0. The van der Waals surface area contributed by atoms with Gasteiger partial charge in [0.1, 0.15) is 40.6 Å². The predicted molar refractivity (Wildman–Crippen MR) is 95.7 cm³/mol. The molecule has 0 saturated heterocycles. The maximum Gasteiger partial charge on any atom is 0.361 e. The van der Waals surface area contributed by atoms with Gasteiger partial charge in [-0.25, -0.2) is 14.2 Å². The molecule has 0 saturated carbocycles. The number of carbonyl (C=O) groups excluding carboxylic acids is 1. The molecule has 0 atom stereocenters. The number of esters is 1. The molecule has 0 aliphatic carbocycles. The van der Waals surface area contributed by atoms with Gasteiger partial charge in [0.2, 0.25) is 0 Å². The molecule has 1 aromatic heterocycles. The molecule has 1 aromatic carbocycles. The van der Waals surface area contributed by atoms with Crippen LogP contribution in [0.25, 0.3) is 0 Å². The SMILES string of the molecule is CCOC(=O)C(=NNc1ccc(F)cc1)c1nc(N)c(C#N)c(N)c1C#N. The van der Waals surface area contributed by atoms with Gasteiger partial charge in [-0.2, -0.15) is 15.6 Å². The van der Waals surface area contributed by atoms with E-state index in [2.05, 4.69) is 15.5 Å². The van der Waals surface area contributed by atoms with E-state index in [1.165, 1.54) is 24.3 Å². The second kappa shape index (κ2) is 8.27. The largest absolute Gasteiger partial charge is 0.461 e. The molecule has 0 aliphatic heterocycles. The number of hydrogen-bond acceptors (Lipinski definition) is 9. The van der Waals surface area contributed by atoms with E-state index >= 15 is 0 Å². The molecule has 0 amide bonds. The highest BCUT2D eigenvalue weighted by atomic mass is 19.1. The summed E-state index contributed by atoms with van der Waals surface area (Å²) in [4.78, 5) is 16.2. The van der Waals surface area contributed by atoms with Crippen LogP contribution >= 0.6 is 0 Å². The first-order chi connectivity index (χ1) is 12.9. The fraction of sp³-hybridized carbons (Fsp3) is 0.118. The number of nitrogens with two attached hydrogens (primary N) is 2. The average Bonchev–Trinajstić information content (AvgIpc) is 2.64. The summed E-state index contributed by atoms with van der Waals surface area (Å²) in [5, 5.41) is 22.4. The summed E-state index contributed by atoms with van der Waals surface area (Å²) in [6, 6.07) is 8.71. The van der Waals surface area contributed by atoms with E-state index in [4.69, 9.17) is 21.5 Å². The number of nitriles is 2. The Bertz CT molecular complexity index is 988. The van der Waals surface area contributed by atoms with Crippen molar-refractivity contribution >= 4 is 28.9 Å². The van der Waals surface area contributed by atoms with Gasteiger partial charge in [-0.15, -0.1) is 0 Å². The quantitative estimate of drug-likeness (QED) is 0.406. The van der Waals surface area contributed by atoms with Crippen molar-refractivity contribution < 1.29 is 13.9 Å². The lowest BCUT2D eigenvalue weighted by Gasteiger charge is -2.11. The van der Waals surface area contributed by atoms with E-state index in [0.717, 1.165) is 0 Å². The zero-order valence-electron chi connectivity index (χ0n) is 14.2. The average molecular weight is 367 g/mol. The Morgan fingerprint density at radius 1 is 1.26 bits per heavy atom. The first-order valence-electron chi connectivity index (χ1n) is 7.58. The summed E-state index contributed by atoms with van der Waals surface area (Å²) < 4.78 is 17.9. The highest BCUT2D eigenvalue weighted by Gasteiger charge is 2.25. The topological polar surface area (TPSA) is 163 Å². The number of aromatic nitrogens is 1. The smallest absolute Gasteiger partial charge is 0.361 e. The fourth-order valence-corrected chi connectivity index (χ4v) is 2.06. The van der Waals surface area contributed by atoms with Crippen LogP contribution in [0.3, 0.4) is 0 Å². The molecule has 9 nitrogen and oxygen atoms in total. The van der Waals surface area contributed by atoms with Crippen LogP contribution in [0.5, 0.6) is 0 Å². The fourth-order valence-electron chi connectivity index (χ4n) is 2.06. The molecule has 5 N–H and O–H groups in total. The molecule has 2 rings (SSSR count). The number of hydrogen-bond donors (Lipinski definition) is 3. The van der Waals surface area contributed by atoms with Crippen molar-refractivity contribution in [1.29, 1.82) is 10.5 Å². The summed E-state index contributed by atoms with van der Waals surface area (Å²) in [5.41, 5.74) is 13.2. The molecular formula is C17H14FN7O2. The number of halogens is 1. The number of anilines is 3. The van der Waals surface area contributed by atoms with Gasteiger partial charge in [-0.3, -0.25) is 5.43 Å². The minimum atomic E-state index is -0.889. The second-order valence-electron chi connectivity index (χ2n) is 5.03. The number of pyridine rings is 1.